The lowest BCUT2D eigenvalue weighted by Gasteiger charge is -2.13. The summed E-state index contributed by atoms with van der Waals surface area (Å²) in [6.07, 6.45) is 3.04. The summed E-state index contributed by atoms with van der Waals surface area (Å²) < 4.78 is 110. The molecule has 0 bridgehead atoms. The maximum absolute atomic E-state index is 14.8. The van der Waals surface area contributed by atoms with Gasteiger partial charge in [-0.2, -0.15) is 0 Å². The second kappa shape index (κ2) is 26.5. The molecule has 0 spiro atoms. The van der Waals surface area contributed by atoms with Crippen LogP contribution in [-0.4, -0.2) is 81.1 Å². The van der Waals surface area contributed by atoms with Gasteiger partial charge in [-0.3, -0.25) is 8.98 Å². The molecule has 14 nitrogen and oxygen atoms in total. The van der Waals surface area contributed by atoms with Gasteiger partial charge in [0.05, 0.1) is 46.2 Å². The van der Waals surface area contributed by atoms with Crippen LogP contribution in [0.2, 0.25) is 0 Å². The quantitative estimate of drug-likeness (QED) is 0.0158. The molecule has 0 aliphatic rings. The monoisotopic (exact) mass is 928 g/mol. The van der Waals surface area contributed by atoms with E-state index in [0.717, 1.165) is 24.3 Å². The van der Waals surface area contributed by atoms with Gasteiger partial charge in [0.15, 0.2) is 34.8 Å². The minimum Gasteiger partial charge on any atom is -0.463 e. The van der Waals surface area contributed by atoms with Gasteiger partial charge in [0, 0.05) is 24.2 Å². The number of carbonyl (C=O) groups is 4. The van der Waals surface area contributed by atoms with Crippen molar-refractivity contribution < 1.29 is 73.6 Å². The number of aldehydes is 1. The minimum absolute atomic E-state index is 0.0441. The number of carbonyl (C=O) groups excluding carboxylic acids is 4. The van der Waals surface area contributed by atoms with Gasteiger partial charge < -0.3 is 38.5 Å². The number of esters is 2. The van der Waals surface area contributed by atoms with Crippen LogP contribution in [0.3, 0.4) is 0 Å². The second-order valence-corrected chi connectivity index (χ2v) is 14.7. The van der Waals surface area contributed by atoms with Crippen molar-refractivity contribution in [2.45, 2.75) is 40.2 Å². The highest BCUT2D eigenvalue weighted by Gasteiger charge is 2.21. The van der Waals surface area contributed by atoms with Crippen LogP contribution >= 0.6 is 0 Å². The van der Waals surface area contributed by atoms with Gasteiger partial charge >= 0.3 is 11.9 Å². The number of hydrogen-bond donors (Lipinski definition) is 2. The summed E-state index contributed by atoms with van der Waals surface area (Å²) in [6.45, 7) is 7.41. The van der Waals surface area contributed by atoms with E-state index in [9.17, 15) is 40.9 Å². The molecule has 0 aliphatic heterocycles. The number of amides is 1. The molecule has 0 fully saturated rings. The third-order valence-corrected chi connectivity index (χ3v) is 9.51. The Labute approximate surface area is 375 Å². The van der Waals surface area contributed by atoms with Crippen LogP contribution in [0.25, 0.3) is 12.2 Å². The first-order chi connectivity index (χ1) is 31.2. The van der Waals surface area contributed by atoms with Crippen molar-refractivity contribution in [2.24, 2.45) is 0 Å². The Kier molecular flexibility index (Phi) is 21.0. The number of hydrogen-bond acceptors (Lipinski definition) is 12. The molecule has 0 aromatic heterocycles. The number of rotatable bonds is 26. The number of nitrogens with one attached hydrogen (secondary N) is 2. The molecule has 0 aliphatic carbocycles. The van der Waals surface area contributed by atoms with Gasteiger partial charge in [-0.05, 0) is 111 Å². The molecule has 2 N–H and O–H groups in total. The van der Waals surface area contributed by atoms with Gasteiger partial charge in [-0.15, -0.1) is 0 Å². The summed E-state index contributed by atoms with van der Waals surface area (Å²) in [4.78, 5) is 48.1. The molecule has 348 valence electrons. The largest absolute Gasteiger partial charge is 0.463 e. The fourth-order valence-electron chi connectivity index (χ4n) is 5.59. The summed E-state index contributed by atoms with van der Waals surface area (Å²) in [6, 6.07) is 15.7. The first kappa shape index (κ1) is 51.4. The van der Waals surface area contributed by atoms with Crippen molar-refractivity contribution in [3.8, 4) is 23.0 Å². The van der Waals surface area contributed by atoms with Gasteiger partial charge in [0.2, 0.25) is 17.2 Å². The highest BCUT2D eigenvalue weighted by molar-refractivity contribution is 7.78. The van der Waals surface area contributed by atoms with Crippen molar-refractivity contribution in [1.29, 1.82) is 0 Å². The van der Waals surface area contributed by atoms with E-state index >= 15 is 0 Å². The van der Waals surface area contributed by atoms with Crippen LogP contribution in [0, 0.1) is 23.3 Å². The third-order valence-electron chi connectivity index (χ3n) is 8.74. The SMILES string of the molecule is CCOC(=O)/C(C)=C/c1cc(F)c(Oc2ccc(COS(=O)NCCOCCOCCNC(=O)C(C=O)c3ccc(Oc4c(F)cc(/C=C(\C)C(=O)OCC)cc4F)cc3)cc2)c(F)c1. The predicted octanol–water partition coefficient (Wildman–Crippen LogP) is 7.58. The van der Waals surface area contributed by atoms with Crippen LogP contribution in [0.1, 0.15) is 55.9 Å². The van der Waals surface area contributed by atoms with Gasteiger partial charge in [-0.1, -0.05) is 24.3 Å². The summed E-state index contributed by atoms with van der Waals surface area (Å²) in [5.41, 5.74) is 1.46. The van der Waals surface area contributed by atoms with Crippen molar-refractivity contribution in [3.05, 3.63) is 129 Å². The molecular formula is C46H48F4N2O12S. The van der Waals surface area contributed by atoms with E-state index in [1.54, 1.807) is 26.0 Å². The smallest absolute Gasteiger partial charge is 0.333 e. The fraction of sp³-hybridized carbons (Fsp3) is 0.304. The Morgan fingerprint density at radius 2 is 1.11 bits per heavy atom. The maximum atomic E-state index is 14.8. The molecule has 4 rings (SSSR count). The van der Waals surface area contributed by atoms with Crippen molar-refractivity contribution in [2.75, 3.05) is 52.7 Å². The Hall–Kier alpha value is -6.25. The van der Waals surface area contributed by atoms with E-state index in [1.165, 1.54) is 62.4 Å². The Bertz CT molecular complexity index is 2300. The Morgan fingerprint density at radius 1 is 0.662 bits per heavy atom. The minimum atomic E-state index is -1.86. The van der Waals surface area contributed by atoms with Gasteiger partial charge in [0.25, 0.3) is 0 Å². The van der Waals surface area contributed by atoms with E-state index in [-0.39, 0.29) is 93.1 Å². The molecule has 0 heterocycles. The lowest BCUT2D eigenvalue weighted by Crippen LogP contribution is -2.33. The Morgan fingerprint density at radius 3 is 1.55 bits per heavy atom. The average Bonchev–Trinajstić information content (AvgIpc) is 3.27. The highest BCUT2D eigenvalue weighted by atomic mass is 32.2. The van der Waals surface area contributed by atoms with Crippen LogP contribution in [0.4, 0.5) is 17.6 Å². The van der Waals surface area contributed by atoms with E-state index < -0.39 is 69.8 Å². The molecule has 65 heavy (non-hydrogen) atoms. The van der Waals surface area contributed by atoms with Crippen molar-refractivity contribution >= 4 is 47.6 Å². The van der Waals surface area contributed by atoms with Crippen LogP contribution < -0.4 is 19.5 Å². The first-order valence-electron chi connectivity index (χ1n) is 20.1. The van der Waals surface area contributed by atoms with Crippen LogP contribution in [0.5, 0.6) is 23.0 Å². The molecule has 4 aromatic carbocycles. The summed E-state index contributed by atoms with van der Waals surface area (Å²) in [7, 11) is 0. The predicted molar refractivity (Wildman–Crippen MR) is 231 cm³/mol. The van der Waals surface area contributed by atoms with Gasteiger partial charge in [0.1, 0.15) is 23.7 Å². The topological polar surface area (TPSA) is 174 Å². The maximum Gasteiger partial charge on any atom is 0.333 e. The molecule has 4 aromatic rings. The van der Waals surface area contributed by atoms with E-state index in [1.807, 2.05) is 0 Å². The normalized spacial score (nSPS) is 12.6. The molecule has 2 unspecified atom stereocenters. The van der Waals surface area contributed by atoms with E-state index in [0.29, 0.717) is 17.4 Å². The molecule has 1 amide bonds. The zero-order chi connectivity index (χ0) is 47.3. The van der Waals surface area contributed by atoms with E-state index in [4.69, 9.17) is 32.6 Å². The number of benzene rings is 4. The Balaban J connectivity index is 1.08. The lowest BCUT2D eigenvalue weighted by atomic mass is 10.00. The van der Waals surface area contributed by atoms with Crippen LogP contribution in [0.15, 0.2) is 83.9 Å². The fourth-order valence-corrected chi connectivity index (χ4v) is 6.17. The number of ether oxygens (including phenoxy) is 6. The molecule has 0 saturated carbocycles. The zero-order valence-electron chi connectivity index (χ0n) is 35.9. The number of halogens is 4. The zero-order valence-corrected chi connectivity index (χ0v) is 36.7. The standard InChI is InChI=1S/C46H48F4N2O12S/c1-5-60-45(55)29(3)21-32-23-38(47)42(39(48)24-32)63-35-11-7-31(8-12-35)28-62-65(57)52-16-18-59-20-19-58-17-15-51-44(54)37(27-53)34-9-13-36(14-10-34)64-43-40(49)25-33(26-41(43)50)22-30(4)46(56)61-6-2/h7-14,21-27,37,52H,5-6,15-20,28H2,1-4H3,(H,51,54)/b29-21+,30-22+. The van der Waals surface area contributed by atoms with Crippen molar-refractivity contribution in [3.63, 3.8) is 0 Å². The summed E-state index contributed by atoms with van der Waals surface area (Å²) >= 11 is -1.86. The van der Waals surface area contributed by atoms with Gasteiger partial charge in [-0.25, -0.2) is 36.1 Å². The molecule has 19 heteroatoms. The summed E-state index contributed by atoms with van der Waals surface area (Å²) in [5.74, 6) is -8.06. The first-order valence-corrected chi connectivity index (χ1v) is 21.2. The van der Waals surface area contributed by atoms with Crippen molar-refractivity contribution in [1.82, 2.24) is 10.0 Å². The van der Waals surface area contributed by atoms with Crippen LogP contribution in [-0.2, 0) is 60.2 Å². The van der Waals surface area contributed by atoms with E-state index in [2.05, 4.69) is 10.0 Å². The molecule has 0 saturated heterocycles. The second-order valence-electron chi connectivity index (χ2n) is 13.7. The molecule has 0 radical (unpaired) electrons. The lowest BCUT2D eigenvalue weighted by molar-refractivity contribution is -0.139. The highest BCUT2D eigenvalue weighted by Crippen LogP contribution is 2.32. The third kappa shape index (κ3) is 16.7. The summed E-state index contributed by atoms with van der Waals surface area (Å²) in [5, 5.41) is 2.61. The average molecular weight is 929 g/mol. The molecular weight excluding hydrogens is 881 g/mol. The molecule has 2 atom stereocenters.